The van der Waals surface area contributed by atoms with E-state index < -0.39 is 12.0 Å². The number of hydrogen-bond acceptors (Lipinski definition) is 2. The van der Waals surface area contributed by atoms with Crippen LogP contribution in [0.25, 0.3) is 0 Å². The van der Waals surface area contributed by atoms with Crippen molar-refractivity contribution in [3.8, 4) is 0 Å². The zero-order valence-corrected chi connectivity index (χ0v) is 10.5. The van der Waals surface area contributed by atoms with Crippen molar-refractivity contribution in [2.24, 2.45) is 0 Å². The molecule has 0 spiro atoms. The summed E-state index contributed by atoms with van der Waals surface area (Å²) in [6.45, 7) is 0. The molecule has 3 nitrogen and oxygen atoms in total. The summed E-state index contributed by atoms with van der Waals surface area (Å²) in [4.78, 5) is 12.0. The third kappa shape index (κ3) is 3.17. The van der Waals surface area contributed by atoms with Gasteiger partial charge in [-0.3, -0.25) is 4.79 Å². The zero-order valence-electron chi connectivity index (χ0n) is 10.5. The maximum atomic E-state index is 13.6. The smallest absolute Gasteiger partial charge is 0.253 e. The molecule has 0 aliphatic carbocycles. The van der Waals surface area contributed by atoms with E-state index in [2.05, 4.69) is 5.32 Å². The molecule has 0 fully saturated rings. The van der Waals surface area contributed by atoms with E-state index in [0.717, 1.165) is 0 Å². The van der Waals surface area contributed by atoms with Gasteiger partial charge < -0.3 is 10.1 Å². The van der Waals surface area contributed by atoms with Crippen molar-refractivity contribution in [3.05, 3.63) is 71.5 Å². The first kappa shape index (κ1) is 13.2. The maximum Gasteiger partial charge on any atom is 0.253 e. The molecule has 1 N–H and O–H groups in total. The fourth-order valence-corrected chi connectivity index (χ4v) is 1.74. The zero-order chi connectivity index (χ0) is 13.7. The van der Waals surface area contributed by atoms with Crippen LogP contribution in [0.5, 0.6) is 0 Å². The van der Waals surface area contributed by atoms with Gasteiger partial charge in [-0.05, 0) is 18.2 Å². The molecule has 2 rings (SSSR count). The van der Waals surface area contributed by atoms with Gasteiger partial charge in [0, 0.05) is 18.2 Å². The minimum absolute atomic E-state index is 0.300. The van der Waals surface area contributed by atoms with E-state index in [-0.39, 0.29) is 5.91 Å². The molecule has 2 aromatic carbocycles. The normalized spacial score (nSPS) is 11.9. The van der Waals surface area contributed by atoms with Gasteiger partial charge in [-0.1, -0.05) is 36.4 Å². The lowest BCUT2D eigenvalue weighted by Crippen LogP contribution is -2.30. The van der Waals surface area contributed by atoms with Gasteiger partial charge in [0.25, 0.3) is 5.91 Å². The van der Waals surface area contributed by atoms with Crippen LogP contribution in [-0.4, -0.2) is 13.0 Å². The number of benzene rings is 2. The second-order valence-electron chi connectivity index (χ2n) is 3.98. The monoisotopic (exact) mass is 259 g/mol. The van der Waals surface area contributed by atoms with Crippen molar-refractivity contribution in [3.63, 3.8) is 0 Å². The van der Waals surface area contributed by atoms with E-state index in [1.54, 1.807) is 42.5 Å². The van der Waals surface area contributed by atoms with E-state index in [4.69, 9.17) is 4.74 Å². The number of hydrogen-bond donors (Lipinski definition) is 1. The summed E-state index contributed by atoms with van der Waals surface area (Å²) >= 11 is 0. The Balaban J connectivity index is 2.17. The molecule has 4 heteroatoms. The van der Waals surface area contributed by atoms with Gasteiger partial charge in [0.05, 0.1) is 0 Å². The summed E-state index contributed by atoms with van der Waals surface area (Å²) in [5.41, 5.74) is 0.801. The molecule has 0 aliphatic heterocycles. The lowest BCUT2D eigenvalue weighted by Gasteiger charge is -2.18. The SMILES string of the molecule is COC(NC(=O)c1ccccc1)c1ccccc1F. The van der Waals surface area contributed by atoms with Gasteiger partial charge in [0.15, 0.2) is 6.23 Å². The van der Waals surface area contributed by atoms with Crippen molar-refractivity contribution >= 4 is 5.91 Å². The van der Waals surface area contributed by atoms with Crippen molar-refractivity contribution in [1.82, 2.24) is 5.32 Å². The molecule has 1 atom stereocenters. The summed E-state index contributed by atoms with van der Waals surface area (Å²) in [5, 5.41) is 2.64. The molecule has 98 valence electrons. The molecule has 0 saturated heterocycles. The number of carbonyl (C=O) groups excluding carboxylic acids is 1. The van der Waals surface area contributed by atoms with Gasteiger partial charge in [0.1, 0.15) is 5.82 Å². The van der Waals surface area contributed by atoms with Crippen LogP contribution in [0.15, 0.2) is 54.6 Å². The Labute approximate surface area is 111 Å². The second-order valence-corrected chi connectivity index (χ2v) is 3.98. The molecule has 0 saturated carbocycles. The molecule has 2 aromatic rings. The lowest BCUT2D eigenvalue weighted by atomic mass is 10.1. The number of rotatable bonds is 4. The van der Waals surface area contributed by atoms with Crippen molar-refractivity contribution in [1.29, 1.82) is 0 Å². The Hall–Kier alpha value is -2.20. The highest BCUT2D eigenvalue weighted by Gasteiger charge is 2.17. The van der Waals surface area contributed by atoms with Crippen LogP contribution in [0.4, 0.5) is 4.39 Å². The number of carbonyl (C=O) groups is 1. The van der Waals surface area contributed by atoms with Crippen molar-refractivity contribution in [2.45, 2.75) is 6.23 Å². The number of halogens is 1. The topological polar surface area (TPSA) is 38.3 Å². The quantitative estimate of drug-likeness (QED) is 0.857. The Bertz CT molecular complexity index is 557. The number of nitrogens with one attached hydrogen (secondary N) is 1. The fraction of sp³-hybridized carbons (Fsp3) is 0.133. The Morgan fingerprint density at radius 1 is 1.11 bits per heavy atom. The van der Waals surface area contributed by atoms with Crippen LogP contribution in [0.2, 0.25) is 0 Å². The molecular formula is C15H14FNO2. The summed E-state index contributed by atoms with van der Waals surface area (Å²) in [6.07, 6.45) is -0.811. The average Bonchev–Trinajstić information content (AvgIpc) is 2.46. The average molecular weight is 259 g/mol. The third-order valence-corrected chi connectivity index (χ3v) is 2.72. The molecule has 0 heterocycles. The van der Waals surface area contributed by atoms with Gasteiger partial charge >= 0.3 is 0 Å². The minimum atomic E-state index is -0.811. The van der Waals surface area contributed by atoms with E-state index in [1.807, 2.05) is 6.07 Å². The first-order valence-corrected chi connectivity index (χ1v) is 5.85. The van der Waals surface area contributed by atoms with E-state index in [0.29, 0.717) is 11.1 Å². The molecule has 0 bridgehead atoms. The number of ether oxygens (including phenoxy) is 1. The van der Waals surface area contributed by atoms with Crippen LogP contribution in [-0.2, 0) is 4.74 Å². The Morgan fingerprint density at radius 2 is 1.74 bits per heavy atom. The van der Waals surface area contributed by atoms with Gasteiger partial charge in [-0.15, -0.1) is 0 Å². The fourth-order valence-electron chi connectivity index (χ4n) is 1.74. The highest BCUT2D eigenvalue weighted by atomic mass is 19.1. The Kier molecular flexibility index (Phi) is 4.26. The summed E-state index contributed by atoms with van der Waals surface area (Å²) in [6, 6.07) is 14.9. The largest absolute Gasteiger partial charge is 0.357 e. The third-order valence-electron chi connectivity index (χ3n) is 2.72. The summed E-state index contributed by atoms with van der Waals surface area (Å²) < 4.78 is 18.8. The van der Waals surface area contributed by atoms with Crippen LogP contribution in [0.1, 0.15) is 22.1 Å². The van der Waals surface area contributed by atoms with Gasteiger partial charge in [0.2, 0.25) is 0 Å². The predicted octanol–water partition coefficient (Wildman–Crippen LogP) is 2.90. The standard InChI is InChI=1S/C15H14FNO2/c1-19-15(12-9-5-6-10-13(12)16)17-14(18)11-7-3-2-4-8-11/h2-10,15H,1H3,(H,17,18). The van der Waals surface area contributed by atoms with Gasteiger partial charge in [-0.2, -0.15) is 0 Å². The summed E-state index contributed by atoms with van der Waals surface area (Å²) in [5.74, 6) is -0.724. The number of methoxy groups -OCH3 is 1. The van der Waals surface area contributed by atoms with Gasteiger partial charge in [-0.25, -0.2) is 4.39 Å². The van der Waals surface area contributed by atoms with Crippen molar-refractivity contribution in [2.75, 3.05) is 7.11 Å². The highest BCUT2D eigenvalue weighted by Crippen LogP contribution is 2.17. The maximum absolute atomic E-state index is 13.6. The van der Waals surface area contributed by atoms with E-state index >= 15 is 0 Å². The molecule has 19 heavy (non-hydrogen) atoms. The van der Waals surface area contributed by atoms with Crippen LogP contribution >= 0.6 is 0 Å². The second kappa shape index (κ2) is 6.11. The minimum Gasteiger partial charge on any atom is -0.357 e. The van der Waals surface area contributed by atoms with Crippen molar-refractivity contribution < 1.29 is 13.9 Å². The number of amides is 1. The lowest BCUT2D eigenvalue weighted by molar-refractivity contribution is 0.0559. The van der Waals surface area contributed by atoms with E-state index in [1.165, 1.54) is 13.2 Å². The first-order valence-electron chi connectivity index (χ1n) is 5.85. The molecule has 1 amide bonds. The van der Waals surface area contributed by atoms with Crippen LogP contribution in [0.3, 0.4) is 0 Å². The molecule has 0 aliphatic rings. The summed E-state index contributed by atoms with van der Waals surface area (Å²) in [7, 11) is 1.42. The predicted molar refractivity (Wildman–Crippen MR) is 70.1 cm³/mol. The first-order chi connectivity index (χ1) is 9.22. The molecule has 1 unspecified atom stereocenters. The Morgan fingerprint density at radius 3 is 2.37 bits per heavy atom. The molecule has 0 aromatic heterocycles. The van der Waals surface area contributed by atoms with Crippen LogP contribution < -0.4 is 5.32 Å². The molecule has 0 radical (unpaired) electrons. The van der Waals surface area contributed by atoms with Crippen LogP contribution in [0, 0.1) is 5.82 Å². The highest BCUT2D eigenvalue weighted by molar-refractivity contribution is 5.94. The van der Waals surface area contributed by atoms with E-state index in [9.17, 15) is 9.18 Å². The molecular weight excluding hydrogens is 245 g/mol.